The van der Waals surface area contributed by atoms with E-state index >= 15 is 0 Å². The molecule has 7 rings (SSSR count). The Morgan fingerprint density at radius 1 is 1.09 bits per heavy atom. The number of anilines is 1. The molecule has 4 atom stereocenters. The summed E-state index contributed by atoms with van der Waals surface area (Å²) in [5, 5.41) is 29.5. The third-order valence-corrected chi connectivity index (χ3v) is 9.98. The van der Waals surface area contributed by atoms with Crippen molar-refractivity contribution >= 4 is 35.5 Å². The Balaban J connectivity index is 1.17. The lowest BCUT2D eigenvalue weighted by atomic mass is 9.71. The van der Waals surface area contributed by atoms with Crippen LogP contribution in [0.1, 0.15) is 48.2 Å². The van der Waals surface area contributed by atoms with Crippen molar-refractivity contribution in [3.63, 3.8) is 0 Å². The number of nitrogens with one attached hydrogen (secondary N) is 2. The van der Waals surface area contributed by atoms with E-state index in [1.165, 1.54) is 9.80 Å². The number of rotatable bonds is 5. The van der Waals surface area contributed by atoms with Gasteiger partial charge in [-0.3, -0.25) is 19.4 Å². The van der Waals surface area contributed by atoms with E-state index in [0.717, 1.165) is 35.3 Å². The summed E-state index contributed by atoms with van der Waals surface area (Å²) in [4.78, 5) is 53.0. The minimum atomic E-state index is -2.65. The summed E-state index contributed by atoms with van der Waals surface area (Å²) in [5.41, 5.74) is 13.8. The van der Waals surface area contributed by atoms with Crippen molar-refractivity contribution in [3.05, 3.63) is 65.2 Å². The van der Waals surface area contributed by atoms with Crippen molar-refractivity contribution in [1.82, 2.24) is 20.4 Å². The highest BCUT2D eigenvalue weighted by Gasteiger charge is 2.73. The molecule has 2 aromatic rings. The first kappa shape index (κ1) is 29.0. The number of carbonyl (C=O) groups is 3. The largest absolute Gasteiger partial charge is 0.370 e. The Morgan fingerprint density at radius 2 is 1.84 bits per heavy atom. The molecule has 2 fully saturated rings. The number of urea groups is 1. The van der Waals surface area contributed by atoms with Gasteiger partial charge in [0.2, 0.25) is 5.79 Å². The third-order valence-electron chi connectivity index (χ3n) is 9.98. The van der Waals surface area contributed by atoms with Gasteiger partial charge in [-0.05, 0) is 54.0 Å². The molecule has 2 saturated heterocycles. The second-order valence-electron chi connectivity index (χ2n) is 13.0. The second kappa shape index (κ2) is 9.91. The number of fused-ring (bicyclic) bond motifs is 1. The van der Waals surface area contributed by atoms with Crippen molar-refractivity contribution in [2.75, 3.05) is 24.5 Å². The molecule has 45 heavy (non-hydrogen) atoms. The van der Waals surface area contributed by atoms with E-state index < -0.39 is 47.4 Å². The molecular weight excluding hydrogens is 578 g/mol. The number of guanidine groups is 2. The molecule has 2 aromatic carbocycles. The van der Waals surface area contributed by atoms with Gasteiger partial charge in [0.05, 0.1) is 12.6 Å². The van der Waals surface area contributed by atoms with Gasteiger partial charge in [0, 0.05) is 17.8 Å². The highest BCUT2D eigenvalue weighted by molar-refractivity contribution is 6.12. The van der Waals surface area contributed by atoms with Crippen molar-refractivity contribution in [2.24, 2.45) is 21.5 Å². The average molecular weight is 616 g/mol. The Hall–Kier alpha value is -4.69. The molecule has 14 heteroatoms. The Kier molecular flexibility index (Phi) is 6.39. The SMILES string of the molecule is CC1(C)CCCc2c(C(=O)NC3CN4C(N)=N[C@@H](CN5C(=O)CN(c6ccccc6)C5=O)[C@@H]5N=C(N)N[C@@]54C3(O)O)cccc21. The Labute approximate surface area is 259 Å². The van der Waals surface area contributed by atoms with Gasteiger partial charge in [0.15, 0.2) is 17.6 Å². The number of amides is 4. The summed E-state index contributed by atoms with van der Waals surface area (Å²) < 4.78 is 0. The lowest BCUT2D eigenvalue weighted by molar-refractivity contribution is -0.230. The summed E-state index contributed by atoms with van der Waals surface area (Å²) in [7, 11) is 0. The van der Waals surface area contributed by atoms with Gasteiger partial charge in [-0.25, -0.2) is 14.8 Å². The molecule has 0 radical (unpaired) electrons. The highest BCUT2D eigenvalue weighted by Crippen LogP contribution is 2.45. The molecule has 5 aliphatic rings. The van der Waals surface area contributed by atoms with Crippen LogP contribution in [0.3, 0.4) is 0 Å². The zero-order chi connectivity index (χ0) is 31.9. The van der Waals surface area contributed by atoms with Crippen molar-refractivity contribution in [1.29, 1.82) is 0 Å². The molecule has 1 aliphatic carbocycles. The van der Waals surface area contributed by atoms with Crippen LogP contribution < -0.4 is 27.0 Å². The van der Waals surface area contributed by atoms with E-state index in [1.807, 2.05) is 18.2 Å². The number of hydrogen-bond acceptors (Lipinski definition) is 11. The maximum atomic E-state index is 13.8. The quantitative estimate of drug-likeness (QED) is 0.190. The first-order valence-corrected chi connectivity index (χ1v) is 15.1. The topological polar surface area (TPSA) is 202 Å². The fourth-order valence-corrected chi connectivity index (χ4v) is 7.73. The molecule has 4 heterocycles. The molecule has 8 N–H and O–H groups in total. The molecule has 0 aromatic heterocycles. The normalized spacial score (nSPS) is 29.4. The van der Waals surface area contributed by atoms with Gasteiger partial charge in [-0.15, -0.1) is 0 Å². The van der Waals surface area contributed by atoms with Crippen LogP contribution in [0.4, 0.5) is 10.5 Å². The van der Waals surface area contributed by atoms with Crippen LogP contribution in [0, 0.1) is 0 Å². The predicted molar refractivity (Wildman–Crippen MR) is 165 cm³/mol. The van der Waals surface area contributed by atoms with Gasteiger partial charge < -0.3 is 37.2 Å². The van der Waals surface area contributed by atoms with Crippen LogP contribution in [0.5, 0.6) is 0 Å². The molecule has 1 spiro atoms. The van der Waals surface area contributed by atoms with Gasteiger partial charge in [-0.1, -0.05) is 44.2 Å². The minimum Gasteiger partial charge on any atom is -0.370 e. The number of nitrogens with two attached hydrogens (primary N) is 2. The summed E-state index contributed by atoms with van der Waals surface area (Å²) in [6, 6.07) is 10.7. The molecular formula is C31H37N9O5. The summed E-state index contributed by atoms with van der Waals surface area (Å²) >= 11 is 0. The van der Waals surface area contributed by atoms with E-state index in [0.29, 0.717) is 11.3 Å². The smallest absolute Gasteiger partial charge is 0.331 e. The van der Waals surface area contributed by atoms with Crippen LogP contribution >= 0.6 is 0 Å². The number of hydrogen-bond donors (Lipinski definition) is 6. The fraction of sp³-hybridized carbons (Fsp3) is 0.452. The van der Waals surface area contributed by atoms with Crippen LogP contribution in [-0.4, -0.2) is 99.0 Å². The number of aliphatic hydroxyl groups is 2. The van der Waals surface area contributed by atoms with Crippen molar-refractivity contribution in [2.45, 2.75) is 68.1 Å². The molecule has 4 aliphatic heterocycles. The van der Waals surface area contributed by atoms with Gasteiger partial charge in [0.1, 0.15) is 18.6 Å². The van der Waals surface area contributed by atoms with Crippen LogP contribution in [0.25, 0.3) is 0 Å². The first-order valence-electron chi connectivity index (χ1n) is 15.1. The van der Waals surface area contributed by atoms with E-state index in [2.05, 4.69) is 34.5 Å². The minimum absolute atomic E-state index is 0.0734. The zero-order valence-corrected chi connectivity index (χ0v) is 25.1. The maximum absolute atomic E-state index is 13.8. The second-order valence-corrected chi connectivity index (χ2v) is 13.0. The molecule has 14 nitrogen and oxygen atoms in total. The third kappa shape index (κ3) is 4.19. The number of carbonyl (C=O) groups excluding carboxylic acids is 3. The first-order chi connectivity index (χ1) is 21.3. The summed E-state index contributed by atoms with van der Waals surface area (Å²) in [5.74, 6) is -3.70. The number of nitrogens with zero attached hydrogens (tertiary/aromatic N) is 5. The average Bonchev–Trinajstić information content (AvgIpc) is 3.58. The van der Waals surface area contributed by atoms with E-state index in [4.69, 9.17) is 11.5 Å². The van der Waals surface area contributed by atoms with Crippen molar-refractivity contribution in [3.8, 4) is 0 Å². The van der Waals surface area contributed by atoms with Crippen LogP contribution in [0.15, 0.2) is 58.5 Å². The fourth-order valence-electron chi connectivity index (χ4n) is 7.73. The Bertz CT molecular complexity index is 1660. The summed E-state index contributed by atoms with van der Waals surface area (Å²) in [6.07, 6.45) is 2.70. The van der Waals surface area contributed by atoms with E-state index in [-0.39, 0.29) is 37.0 Å². The lowest BCUT2D eigenvalue weighted by Gasteiger charge is -2.49. The number of benzene rings is 2. The lowest BCUT2D eigenvalue weighted by Crippen LogP contribution is -2.78. The maximum Gasteiger partial charge on any atom is 0.331 e. The van der Waals surface area contributed by atoms with E-state index in [1.54, 1.807) is 30.3 Å². The zero-order valence-electron chi connectivity index (χ0n) is 25.1. The highest BCUT2D eigenvalue weighted by atomic mass is 16.5. The Morgan fingerprint density at radius 3 is 2.60 bits per heavy atom. The predicted octanol–water partition coefficient (Wildman–Crippen LogP) is -0.456. The molecule has 0 bridgehead atoms. The van der Waals surface area contributed by atoms with E-state index in [9.17, 15) is 24.6 Å². The summed E-state index contributed by atoms with van der Waals surface area (Å²) in [6.45, 7) is 3.82. The number of imide groups is 1. The van der Waals surface area contributed by atoms with Crippen LogP contribution in [-0.2, 0) is 16.6 Å². The number of aliphatic imine (C=N–C) groups is 2. The molecule has 1 unspecified atom stereocenters. The monoisotopic (exact) mass is 615 g/mol. The number of para-hydroxylation sites is 1. The standard InChI is InChI=1S/C31H37N9O5/c1-29(2)13-7-11-18-19(10-6-12-20(18)29)25(42)35-22-15-40-27(33)34-21(24-30(40,31(22,44)45)37-26(32)36-24)14-39-23(41)16-38(28(39)43)17-8-4-3-5-9-17/h3-6,8-10,12,21-22,24,44-45H,7,11,13-16H2,1-2H3,(H2,33,34)(H,35,42)(H3,32,36,37)/t21-,22?,24-,30-/m0/s1. The molecule has 236 valence electrons. The van der Waals surface area contributed by atoms with Gasteiger partial charge >= 0.3 is 6.03 Å². The van der Waals surface area contributed by atoms with Gasteiger partial charge in [-0.2, -0.15) is 0 Å². The van der Waals surface area contributed by atoms with Gasteiger partial charge in [0.25, 0.3) is 11.8 Å². The van der Waals surface area contributed by atoms with Crippen LogP contribution in [0.2, 0.25) is 0 Å². The van der Waals surface area contributed by atoms with Crippen molar-refractivity contribution < 1.29 is 24.6 Å². The molecule has 4 amide bonds. The molecule has 0 saturated carbocycles.